The predicted octanol–water partition coefficient (Wildman–Crippen LogP) is 2.76. The summed E-state index contributed by atoms with van der Waals surface area (Å²) in [6.45, 7) is 0.582. The number of rotatable bonds is 4. The molecule has 0 atom stereocenters. The topological polar surface area (TPSA) is 46.9 Å². The van der Waals surface area contributed by atoms with Gasteiger partial charge in [0.25, 0.3) is 5.91 Å². The highest BCUT2D eigenvalue weighted by Crippen LogP contribution is 2.18. The molecule has 1 N–H and O–H groups in total. The van der Waals surface area contributed by atoms with Gasteiger partial charge in [-0.3, -0.25) is 9.48 Å². The lowest BCUT2D eigenvalue weighted by Crippen LogP contribution is -2.26. The van der Waals surface area contributed by atoms with Crippen LogP contribution < -0.4 is 5.32 Å². The Morgan fingerprint density at radius 3 is 2.95 bits per heavy atom. The smallest absolute Gasteiger partial charge is 0.252 e. The van der Waals surface area contributed by atoms with Gasteiger partial charge in [-0.15, -0.1) is 0 Å². The highest BCUT2D eigenvalue weighted by molar-refractivity contribution is 14.1. The average molecular weight is 434 g/mol. The number of hydrogen-bond donors (Lipinski definition) is 1. The molecule has 6 heteroatoms. The molecule has 100 valence electrons. The van der Waals surface area contributed by atoms with E-state index in [1.807, 2.05) is 37.5 Å². The van der Waals surface area contributed by atoms with Gasteiger partial charge in [0.1, 0.15) is 0 Å². The molecule has 4 nitrogen and oxygen atoms in total. The van der Waals surface area contributed by atoms with Gasteiger partial charge in [-0.2, -0.15) is 5.10 Å². The van der Waals surface area contributed by atoms with E-state index < -0.39 is 0 Å². The van der Waals surface area contributed by atoms with Crippen LogP contribution in [0.25, 0.3) is 0 Å². The second-order valence-electron chi connectivity index (χ2n) is 4.11. The number of aromatic nitrogens is 2. The Kier molecular flexibility index (Phi) is 4.98. The van der Waals surface area contributed by atoms with E-state index in [1.165, 1.54) is 0 Å². The maximum absolute atomic E-state index is 12.1. The molecule has 2 aromatic rings. The third kappa shape index (κ3) is 4.04. The fraction of sp³-hybridized carbons (Fsp3) is 0.231. The van der Waals surface area contributed by atoms with E-state index >= 15 is 0 Å². The summed E-state index contributed by atoms with van der Waals surface area (Å²) in [7, 11) is 1.88. The fourth-order valence-electron chi connectivity index (χ4n) is 1.67. The van der Waals surface area contributed by atoms with E-state index in [-0.39, 0.29) is 5.91 Å². The normalized spacial score (nSPS) is 10.5. The highest BCUT2D eigenvalue weighted by Gasteiger charge is 2.10. The number of nitrogens with one attached hydrogen (secondary N) is 1. The van der Waals surface area contributed by atoms with Crippen LogP contribution in [0, 0.1) is 3.57 Å². The molecular formula is C13H13BrIN3O. The van der Waals surface area contributed by atoms with Crippen LogP contribution in [-0.2, 0) is 13.5 Å². The van der Waals surface area contributed by atoms with Gasteiger partial charge in [0.15, 0.2) is 0 Å². The van der Waals surface area contributed by atoms with Gasteiger partial charge >= 0.3 is 0 Å². The molecule has 0 aliphatic rings. The lowest BCUT2D eigenvalue weighted by atomic mass is 10.2. The first-order valence-corrected chi connectivity index (χ1v) is 7.65. The van der Waals surface area contributed by atoms with E-state index in [0.717, 1.165) is 20.2 Å². The number of carbonyl (C=O) groups excluding carboxylic acids is 1. The molecule has 1 amide bonds. The van der Waals surface area contributed by atoms with E-state index in [4.69, 9.17) is 0 Å². The van der Waals surface area contributed by atoms with E-state index in [2.05, 4.69) is 48.9 Å². The first kappa shape index (κ1) is 14.5. The molecule has 2 rings (SSSR count). The molecule has 1 aromatic heterocycles. The van der Waals surface area contributed by atoms with Gasteiger partial charge < -0.3 is 5.32 Å². The lowest BCUT2D eigenvalue weighted by molar-refractivity contribution is 0.0953. The number of hydrogen-bond acceptors (Lipinski definition) is 2. The van der Waals surface area contributed by atoms with Crippen molar-refractivity contribution in [2.45, 2.75) is 6.42 Å². The monoisotopic (exact) mass is 433 g/mol. The molecule has 0 aliphatic carbocycles. The van der Waals surface area contributed by atoms with Crippen molar-refractivity contribution >= 4 is 44.4 Å². The summed E-state index contributed by atoms with van der Waals surface area (Å²) in [5, 5.41) is 7.18. The minimum Gasteiger partial charge on any atom is -0.352 e. The summed E-state index contributed by atoms with van der Waals surface area (Å²) in [5.41, 5.74) is 1.67. The Balaban J connectivity index is 1.92. The molecule has 0 saturated carbocycles. The Bertz CT molecular complexity index is 597. The van der Waals surface area contributed by atoms with Crippen LogP contribution in [0.3, 0.4) is 0 Å². The summed E-state index contributed by atoms with van der Waals surface area (Å²) in [6.07, 6.45) is 2.63. The van der Waals surface area contributed by atoms with Crippen LogP contribution in [0.4, 0.5) is 0 Å². The molecule has 1 aromatic carbocycles. The van der Waals surface area contributed by atoms with Crippen LogP contribution in [0.1, 0.15) is 16.1 Å². The van der Waals surface area contributed by atoms with Crippen molar-refractivity contribution in [2.75, 3.05) is 6.54 Å². The number of carbonyl (C=O) groups is 1. The predicted molar refractivity (Wildman–Crippen MR) is 86.1 cm³/mol. The molecule has 0 radical (unpaired) electrons. The van der Waals surface area contributed by atoms with Crippen LogP contribution in [0.5, 0.6) is 0 Å². The van der Waals surface area contributed by atoms with Crippen LogP contribution in [-0.4, -0.2) is 22.2 Å². The van der Waals surface area contributed by atoms with Crippen molar-refractivity contribution in [3.8, 4) is 0 Å². The van der Waals surface area contributed by atoms with Gasteiger partial charge in [-0.05, 0) is 46.9 Å². The van der Waals surface area contributed by atoms with E-state index in [1.54, 1.807) is 4.68 Å². The number of aryl methyl sites for hydroxylation is 1. The second-order valence-corrected chi connectivity index (χ2v) is 6.19. The van der Waals surface area contributed by atoms with Crippen molar-refractivity contribution in [1.29, 1.82) is 0 Å². The maximum atomic E-state index is 12.1. The van der Waals surface area contributed by atoms with E-state index in [9.17, 15) is 4.79 Å². The Labute approximate surface area is 133 Å². The molecule has 0 spiro atoms. The summed E-state index contributed by atoms with van der Waals surface area (Å²) in [4.78, 5) is 12.1. The zero-order valence-corrected chi connectivity index (χ0v) is 14.1. The summed E-state index contributed by atoms with van der Waals surface area (Å²) in [6, 6.07) is 7.62. The van der Waals surface area contributed by atoms with Crippen LogP contribution in [0.2, 0.25) is 0 Å². The number of nitrogens with zero attached hydrogens (tertiary/aromatic N) is 2. The molecule has 0 aliphatic heterocycles. The number of benzene rings is 1. The molecule has 0 saturated heterocycles. The first-order chi connectivity index (χ1) is 9.06. The van der Waals surface area contributed by atoms with Crippen molar-refractivity contribution < 1.29 is 4.79 Å². The minimum absolute atomic E-state index is 0.0540. The third-order valence-electron chi connectivity index (χ3n) is 2.61. The summed E-state index contributed by atoms with van der Waals surface area (Å²) >= 11 is 5.54. The number of halogens is 2. The van der Waals surface area contributed by atoms with Crippen molar-refractivity contribution in [3.63, 3.8) is 0 Å². The zero-order valence-electron chi connectivity index (χ0n) is 10.4. The standard InChI is InChI=1S/C13H13BrIN3O/c1-18-7-5-10(17-18)4-6-16-13(19)11-8-9(14)2-3-12(11)15/h2-3,5,7-8H,4,6H2,1H3,(H,16,19). The maximum Gasteiger partial charge on any atom is 0.252 e. The van der Waals surface area contributed by atoms with Gasteiger partial charge in [0.2, 0.25) is 0 Å². The average Bonchev–Trinajstić information content (AvgIpc) is 2.78. The van der Waals surface area contributed by atoms with Crippen molar-refractivity contribution in [2.24, 2.45) is 7.05 Å². The lowest BCUT2D eigenvalue weighted by Gasteiger charge is -2.06. The van der Waals surface area contributed by atoms with Gasteiger partial charge in [0, 0.05) is 34.3 Å². The molecule has 0 bridgehead atoms. The van der Waals surface area contributed by atoms with E-state index in [0.29, 0.717) is 12.1 Å². The number of amides is 1. The molecule has 0 unspecified atom stereocenters. The zero-order chi connectivity index (χ0) is 13.8. The third-order valence-corrected chi connectivity index (χ3v) is 4.04. The van der Waals surface area contributed by atoms with Crippen LogP contribution >= 0.6 is 38.5 Å². The molecule has 0 fully saturated rings. The Morgan fingerprint density at radius 1 is 1.47 bits per heavy atom. The molecule has 19 heavy (non-hydrogen) atoms. The van der Waals surface area contributed by atoms with Gasteiger partial charge in [-0.25, -0.2) is 0 Å². The molecule has 1 heterocycles. The highest BCUT2D eigenvalue weighted by atomic mass is 127. The minimum atomic E-state index is -0.0540. The summed E-state index contributed by atoms with van der Waals surface area (Å²) in [5.74, 6) is -0.0540. The molecular weight excluding hydrogens is 421 g/mol. The largest absolute Gasteiger partial charge is 0.352 e. The fourth-order valence-corrected chi connectivity index (χ4v) is 2.61. The van der Waals surface area contributed by atoms with Gasteiger partial charge in [-0.1, -0.05) is 15.9 Å². The second kappa shape index (κ2) is 6.51. The summed E-state index contributed by atoms with van der Waals surface area (Å²) < 4.78 is 3.60. The quantitative estimate of drug-likeness (QED) is 0.753. The SMILES string of the molecule is Cn1ccc(CCNC(=O)c2cc(Br)ccc2I)n1. The Morgan fingerprint density at radius 2 is 2.26 bits per heavy atom. The van der Waals surface area contributed by atoms with Crippen molar-refractivity contribution in [1.82, 2.24) is 15.1 Å². The Hall–Kier alpha value is -0.890. The van der Waals surface area contributed by atoms with Crippen molar-refractivity contribution in [3.05, 3.63) is 49.8 Å². The first-order valence-electron chi connectivity index (χ1n) is 5.78. The van der Waals surface area contributed by atoms with Crippen LogP contribution in [0.15, 0.2) is 34.9 Å². The van der Waals surface area contributed by atoms with Gasteiger partial charge in [0.05, 0.1) is 11.3 Å².